The lowest BCUT2D eigenvalue weighted by Crippen LogP contribution is -2.39. The highest BCUT2D eigenvalue weighted by Gasteiger charge is 2.26. The summed E-state index contributed by atoms with van der Waals surface area (Å²) in [6.07, 6.45) is 9.93. The lowest BCUT2D eigenvalue weighted by Gasteiger charge is -2.29. The van der Waals surface area contributed by atoms with Crippen molar-refractivity contribution in [2.24, 2.45) is 17.8 Å². The van der Waals surface area contributed by atoms with Crippen molar-refractivity contribution in [3.63, 3.8) is 0 Å². The summed E-state index contributed by atoms with van der Waals surface area (Å²) in [4.78, 5) is 23.9. The summed E-state index contributed by atoms with van der Waals surface area (Å²) in [6, 6.07) is 0.233. The third-order valence-corrected chi connectivity index (χ3v) is 6.35. The molecule has 2 rings (SSSR count). The third-order valence-electron chi connectivity index (χ3n) is 6.35. The minimum absolute atomic E-state index is 0. The van der Waals surface area contributed by atoms with Crippen LogP contribution in [-0.4, -0.2) is 43.7 Å². The van der Waals surface area contributed by atoms with Crippen LogP contribution in [0, 0.1) is 17.8 Å². The lowest BCUT2D eigenvalue weighted by molar-refractivity contribution is -0.124. The summed E-state index contributed by atoms with van der Waals surface area (Å²) in [5.41, 5.74) is 0. The predicted molar refractivity (Wildman–Crippen MR) is 113 cm³/mol. The highest BCUT2D eigenvalue weighted by Crippen LogP contribution is 2.29. The molecule has 0 unspecified atom stereocenters. The van der Waals surface area contributed by atoms with E-state index in [0.29, 0.717) is 43.2 Å². The van der Waals surface area contributed by atoms with Gasteiger partial charge in [-0.15, -0.1) is 0 Å². The van der Waals surface area contributed by atoms with Gasteiger partial charge in [0.1, 0.15) is 5.78 Å². The van der Waals surface area contributed by atoms with E-state index in [1.165, 1.54) is 25.7 Å². The lowest BCUT2D eigenvalue weighted by atomic mass is 9.83. The summed E-state index contributed by atoms with van der Waals surface area (Å²) in [7, 11) is 0. The van der Waals surface area contributed by atoms with Crippen molar-refractivity contribution >= 4 is 11.7 Å². The number of rotatable bonds is 11. The Morgan fingerprint density at radius 1 is 0.964 bits per heavy atom. The molecule has 0 aromatic rings. The van der Waals surface area contributed by atoms with Crippen molar-refractivity contribution in [2.75, 3.05) is 19.8 Å². The monoisotopic (exact) mass is 397 g/mol. The van der Waals surface area contributed by atoms with Gasteiger partial charge in [-0.2, -0.15) is 0 Å². The second-order valence-electron chi connectivity index (χ2n) is 9.03. The fourth-order valence-corrected chi connectivity index (χ4v) is 4.46. The number of ketones is 1. The molecule has 164 valence electrons. The number of hydrogen-bond acceptors (Lipinski definition) is 4. The minimum Gasteiger partial charge on any atom is -0.381 e. The van der Waals surface area contributed by atoms with Crippen LogP contribution in [0.3, 0.4) is 0 Å². The van der Waals surface area contributed by atoms with Crippen molar-refractivity contribution in [3.05, 3.63) is 0 Å². The fourth-order valence-electron chi connectivity index (χ4n) is 4.46. The van der Waals surface area contributed by atoms with Gasteiger partial charge in [-0.1, -0.05) is 6.92 Å². The SMILES string of the molecule is CCC(=O)C1CCC(NC(=O)CCOCC2CCC(COC(C)C)CC2)CC1.[HH]. The molecule has 0 aromatic carbocycles. The molecule has 1 amide bonds. The highest BCUT2D eigenvalue weighted by atomic mass is 16.5. The molecular weight excluding hydrogens is 354 g/mol. The standard InChI is InChI=1S/C23H41NO4.H2/c1-4-22(25)20-9-11-21(12-10-20)24-23(26)13-14-27-15-18-5-7-19(8-6-18)16-28-17(2)3;/h17-21H,4-16H2,1-3H3,(H,24,26);1H. The zero-order chi connectivity index (χ0) is 20.4. The average Bonchev–Trinajstić information content (AvgIpc) is 2.70. The number of carbonyl (C=O) groups is 2. The molecule has 0 bridgehead atoms. The molecule has 1 N–H and O–H groups in total. The van der Waals surface area contributed by atoms with Crippen LogP contribution in [0.5, 0.6) is 0 Å². The summed E-state index contributed by atoms with van der Waals surface area (Å²) in [6.45, 7) is 8.28. The van der Waals surface area contributed by atoms with Gasteiger partial charge in [0.2, 0.25) is 5.91 Å². The van der Waals surface area contributed by atoms with Gasteiger partial charge in [0, 0.05) is 39.4 Å². The van der Waals surface area contributed by atoms with Gasteiger partial charge in [0.25, 0.3) is 0 Å². The maximum absolute atomic E-state index is 12.1. The first-order chi connectivity index (χ1) is 13.5. The molecule has 0 radical (unpaired) electrons. The Labute approximate surface area is 172 Å². The first kappa shape index (κ1) is 23.3. The number of Topliss-reactive ketones (excluding diaryl/α,β-unsaturated/α-hetero) is 1. The molecule has 2 fully saturated rings. The first-order valence-electron chi connectivity index (χ1n) is 11.5. The molecule has 0 spiro atoms. The van der Waals surface area contributed by atoms with Crippen LogP contribution < -0.4 is 5.32 Å². The number of hydrogen-bond donors (Lipinski definition) is 1. The molecule has 2 saturated carbocycles. The van der Waals surface area contributed by atoms with Crippen molar-refractivity contribution in [3.8, 4) is 0 Å². The second kappa shape index (κ2) is 12.6. The molecule has 28 heavy (non-hydrogen) atoms. The normalized spacial score (nSPS) is 28.3. The van der Waals surface area contributed by atoms with Gasteiger partial charge >= 0.3 is 0 Å². The molecule has 0 heterocycles. The van der Waals surface area contributed by atoms with Crippen molar-refractivity contribution in [1.82, 2.24) is 5.32 Å². The van der Waals surface area contributed by atoms with Crippen LogP contribution in [0.4, 0.5) is 0 Å². The Hall–Kier alpha value is -0.940. The number of carbonyl (C=O) groups excluding carboxylic acids is 2. The third kappa shape index (κ3) is 8.60. The molecule has 0 aliphatic heterocycles. The maximum atomic E-state index is 12.1. The van der Waals surface area contributed by atoms with E-state index in [9.17, 15) is 9.59 Å². The Balaban J connectivity index is 0.00000420. The Kier molecular flexibility index (Phi) is 10.5. The molecule has 5 nitrogen and oxygen atoms in total. The van der Waals surface area contributed by atoms with Gasteiger partial charge in [0.05, 0.1) is 12.7 Å². The molecule has 0 atom stereocenters. The van der Waals surface area contributed by atoms with E-state index in [0.717, 1.165) is 38.9 Å². The number of amides is 1. The maximum Gasteiger partial charge on any atom is 0.222 e. The highest BCUT2D eigenvalue weighted by molar-refractivity contribution is 5.80. The molecule has 2 aliphatic carbocycles. The van der Waals surface area contributed by atoms with Gasteiger partial charge in [-0.3, -0.25) is 9.59 Å². The van der Waals surface area contributed by atoms with Crippen LogP contribution in [-0.2, 0) is 19.1 Å². The van der Waals surface area contributed by atoms with Crippen molar-refractivity contribution in [2.45, 2.75) is 97.1 Å². The van der Waals surface area contributed by atoms with Crippen LogP contribution in [0.15, 0.2) is 0 Å². The van der Waals surface area contributed by atoms with Crippen LogP contribution in [0.1, 0.15) is 86.4 Å². The molecular formula is C23H43NO4. The van der Waals surface area contributed by atoms with E-state index in [1.54, 1.807) is 0 Å². The molecule has 0 aromatic heterocycles. The molecule has 5 heteroatoms. The Bertz CT molecular complexity index is 469. The average molecular weight is 398 g/mol. The van der Waals surface area contributed by atoms with Crippen LogP contribution in [0.2, 0.25) is 0 Å². The van der Waals surface area contributed by atoms with E-state index < -0.39 is 0 Å². The van der Waals surface area contributed by atoms with E-state index in [2.05, 4.69) is 19.2 Å². The van der Waals surface area contributed by atoms with E-state index in [4.69, 9.17) is 9.47 Å². The quantitative estimate of drug-likeness (QED) is 0.521. The van der Waals surface area contributed by atoms with E-state index in [-0.39, 0.29) is 19.3 Å². The first-order valence-corrected chi connectivity index (χ1v) is 11.5. The van der Waals surface area contributed by atoms with Crippen molar-refractivity contribution in [1.29, 1.82) is 0 Å². The Morgan fingerprint density at radius 2 is 1.57 bits per heavy atom. The van der Waals surface area contributed by atoms with Gasteiger partial charge in [-0.05, 0) is 77.0 Å². The predicted octanol–water partition coefficient (Wildman–Crippen LogP) is 4.52. The Morgan fingerprint density at radius 3 is 2.14 bits per heavy atom. The minimum atomic E-state index is 0. The smallest absolute Gasteiger partial charge is 0.222 e. The van der Waals surface area contributed by atoms with Crippen LogP contribution in [0.25, 0.3) is 0 Å². The van der Waals surface area contributed by atoms with Crippen molar-refractivity contribution < 1.29 is 20.5 Å². The summed E-state index contributed by atoms with van der Waals surface area (Å²) >= 11 is 0. The van der Waals surface area contributed by atoms with Gasteiger partial charge in [-0.25, -0.2) is 0 Å². The zero-order valence-corrected chi connectivity index (χ0v) is 18.2. The zero-order valence-electron chi connectivity index (χ0n) is 18.2. The number of ether oxygens (including phenoxy) is 2. The summed E-state index contributed by atoms with van der Waals surface area (Å²) < 4.78 is 11.5. The molecule has 2 aliphatic rings. The topological polar surface area (TPSA) is 64.6 Å². The van der Waals surface area contributed by atoms with Gasteiger partial charge < -0.3 is 14.8 Å². The molecule has 0 saturated heterocycles. The largest absolute Gasteiger partial charge is 0.381 e. The summed E-state index contributed by atoms with van der Waals surface area (Å²) in [5, 5.41) is 3.12. The van der Waals surface area contributed by atoms with E-state index in [1.807, 2.05) is 6.92 Å². The van der Waals surface area contributed by atoms with Gasteiger partial charge in [0.15, 0.2) is 0 Å². The van der Waals surface area contributed by atoms with Crippen LogP contribution >= 0.6 is 0 Å². The fraction of sp³-hybridized carbons (Fsp3) is 0.913. The number of nitrogens with one attached hydrogen (secondary N) is 1. The van der Waals surface area contributed by atoms with E-state index >= 15 is 0 Å². The second-order valence-corrected chi connectivity index (χ2v) is 9.03. The summed E-state index contributed by atoms with van der Waals surface area (Å²) in [5.74, 6) is 2.00.